The van der Waals surface area contributed by atoms with Crippen molar-refractivity contribution >= 4 is 23.3 Å². The highest BCUT2D eigenvalue weighted by Crippen LogP contribution is 2.26. The minimum absolute atomic E-state index is 0.0144. The fourth-order valence-corrected chi connectivity index (χ4v) is 3.57. The van der Waals surface area contributed by atoms with Crippen molar-refractivity contribution in [3.63, 3.8) is 0 Å². The third-order valence-corrected chi connectivity index (χ3v) is 5.26. The van der Waals surface area contributed by atoms with Gasteiger partial charge in [0.25, 0.3) is 5.91 Å². The number of para-hydroxylation sites is 2. The van der Waals surface area contributed by atoms with Crippen LogP contribution in [0.25, 0.3) is 0 Å². The predicted octanol–water partition coefficient (Wildman–Crippen LogP) is 3.37. The van der Waals surface area contributed by atoms with Crippen molar-refractivity contribution < 1.29 is 9.59 Å². The zero-order valence-corrected chi connectivity index (χ0v) is 15.9. The summed E-state index contributed by atoms with van der Waals surface area (Å²) in [5.41, 5.74) is 2.50. The lowest BCUT2D eigenvalue weighted by Crippen LogP contribution is -2.46. The molecule has 2 aliphatic rings. The monoisotopic (exact) mass is 378 g/mol. The maximum absolute atomic E-state index is 12.5. The van der Waals surface area contributed by atoms with E-state index in [1.807, 2.05) is 54.6 Å². The summed E-state index contributed by atoms with van der Waals surface area (Å²) in [6.07, 6.45) is 3.85. The number of carbonyl (C=O) groups is 2. The molecule has 1 aliphatic heterocycles. The number of rotatable bonds is 5. The molecular weight excluding hydrogens is 352 g/mol. The van der Waals surface area contributed by atoms with Crippen molar-refractivity contribution in [2.45, 2.75) is 37.8 Å². The average molecular weight is 378 g/mol. The van der Waals surface area contributed by atoms with Gasteiger partial charge in [0.15, 0.2) is 0 Å². The van der Waals surface area contributed by atoms with Gasteiger partial charge in [0.05, 0.1) is 5.56 Å². The number of nitrogens with one attached hydrogen (secondary N) is 3. The Morgan fingerprint density at radius 2 is 1.43 bits per heavy atom. The van der Waals surface area contributed by atoms with Crippen LogP contribution in [0.2, 0.25) is 0 Å². The normalized spacial score (nSPS) is 17.1. The van der Waals surface area contributed by atoms with Gasteiger partial charge in [0, 0.05) is 36.5 Å². The zero-order chi connectivity index (χ0) is 19.3. The van der Waals surface area contributed by atoms with E-state index in [1.165, 1.54) is 0 Å². The van der Waals surface area contributed by atoms with Crippen LogP contribution in [0.15, 0.2) is 54.6 Å². The number of urea groups is 1. The minimum Gasteiger partial charge on any atom is -0.371 e. The Kier molecular flexibility index (Phi) is 5.46. The molecule has 1 aliphatic carbocycles. The van der Waals surface area contributed by atoms with Gasteiger partial charge >= 0.3 is 6.03 Å². The first-order valence-electron chi connectivity index (χ1n) is 9.96. The van der Waals surface area contributed by atoms with E-state index in [2.05, 4.69) is 20.9 Å². The molecule has 3 N–H and O–H groups in total. The van der Waals surface area contributed by atoms with Crippen LogP contribution in [0.3, 0.4) is 0 Å². The highest BCUT2D eigenvalue weighted by atomic mass is 16.2. The quantitative estimate of drug-likeness (QED) is 0.747. The Bertz CT molecular complexity index is 827. The fraction of sp³-hybridized carbons (Fsp3) is 0.364. The highest BCUT2D eigenvalue weighted by molar-refractivity contribution is 6.00. The number of nitrogens with zero attached hydrogens (tertiary/aromatic N) is 1. The van der Waals surface area contributed by atoms with E-state index in [-0.39, 0.29) is 18.0 Å². The molecule has 1 saturated carbocycles. The van der Waals surface area contributed by atoms with Crippen LogP contribution >= 0.6 is 0 Å². The summed E-state index contributed by atoms with van der Waals surface area (Å²) in [6, 6.07) is 17.5. The van der Waals surface area contributed by atoms with E-state index >= 15 is 0 Å². The van der Waals surface area contributed by atoms with Gasteiger partial charge in [-0.2, -0.15) is 0 Å². The standard InChI is InChI=1S/C22H26N4O2/c27-21(23-17-10-11-17)19-8-4-5-9-20(19)26-14-12-18(13-15-26)25-22(28)24-16-6-2-1-3-7-16/h1-9,17-18H,10-15H2,(H,23,27)(H2,24,25,28). The van der Waals surface area contributed by atoms with Gasteiger partial charge in [-0.1, -0.05) is 30.3 Å². The van der Waals surface area contributed by atoms with E-state index < -0.39 is 0 Å². The first kappa shape index (κ1) is 18.3. The molecule has 28 heavy (non-hydrogen) atoms. The summed E-state index contributed by atoms with van der Waals surface area (Å²) >= 11 is 0. The van der Waals surface area contributed by atoms with E-state index in [4.69, 9.17) is 0 Å². The highest BCUT2D eigenvalue weighted by Gasteiger charge is 2.27. The average Bonchev–Trinajstić information content (AvgIpc) is 3.53. The molecule has 3 amide bonds. The molecule has 0 radical (unpaired) electrons. The Balaban J connectivity index is 1.32. The predicted molar refractivity (Wildman–Crippen MR) is 111 cm³/mol. The summed E-state index contributed by atoms with van der Waals surface area (Å²) in [4.78, 5) is 27.0. The van der Waals surface area contributed by atoms with Gasteiger partial charge in [0.1, 0.15) is 0 Å². The lowest BCUT2D eigenvalue weighted by atomic mass is 10.0. The Hall–Kier alpha value is -3.02. The molecule has 0 atom stereocenters. The lowest BCUT2D eigenvalue weighted by molar-refractivity contribution is 0.0951. The van der Waals surface area contributed by atoms with Crippen LogP contribution in [0.4, 0.5) is 16.2 Å². The van der Waals surface area contributed by atoms with E-state index in [0.29, 0.717) is 6.04 Å². The molecule has 1 heterocycles. The fourth-order valence-electron chi connectivity index (χ4n) is 3.57. The second-order valence-electron chi connectivity index (χ2n) is 7.49. The molecule has 2 aromatic carbocycles. The van der Waals surface area contributed by atoms with Crippen LogP contribution in [-0.4, -0.2) is 37.1 Å². The third kappa shape index (κ3) is 4.63. The summed E-state index contributed by atoms with van der Waals surface area (Å²) in [6.45, 7) is 1.62. The van der Waals surface area contributed by atoms with Gasteiger partial charge in [0.2, 0.25) is 0 Å². The van der Waals surface area contributed by atoms with Crippen LogP contribution in [0.1, 0.15) is 36.0 Å². The van der Waals surface area contributed by atoms with Gasteiger partial charge in [-0.3, -0.25) is 4.79 Å². The van der Waals surface area contributed by atoms with E-state index in [9.17, 15) is 9.59 Å². The maximum atomic E-state index is 12.5. The largest absolute Gasteiger partial charge is 0.371 e. The molecule has 2 fully saturated rings. The number of carbonyl (C=O) groups excluding carboxylic acids is 2. The molecule has 2 aromatic rings. The Morgan fingerprint density at radius 3 is 2.14 bits per heavy atom. The zero-order valence-electron chi connectivity index (χ0n) is 15.9. The van der Waals surface area contributed by atoms with Crippen molar-refractivity contribution in [2.75, 3.05) is 23.3 Å². The number of hydrogen-bond donors (Lipinski definition) is 3. The first-order valence-corrected chi connectivity index (χ1v) is 9.96. The minimum atomic E-state index is -0.172. The molecular formula is C22H26N4O2. The molecule has 0 bridgehead atoms. The van der Waals surface area contributed by atoms with Gasteiger partial charge in [-0.05, 0) is 49.9 Å². The summed E-state index contributed by atoms with van der Waals surface area (Å²) in [5.74, 6) is 0.0144. The summed E-state index contributed by atoms with van der Waals surface area (Å²) < 4.78 is 0. The number of benzene rings is 2. The maximum Gasteiger partial charge on any atom is 0.319 e. The van der Waals surface area contributed by atoms with Crippen molar-refractivity contribution in [3.05, 3.63) is 60.2 Å². The first-order chi connectivity index (χ1) is 13.7. The second-order valence-corrected chi connectivity index (χ2v) is 7.49. The SMILES string of the molecule is O=C(Nc1ccccc1)NC1CCN(c2ccccc2C(=O)NC2CC2)CC1. The molecule has 0 aromatic heterocycles. The smallest absolute Gasteiger partial charge is 0.319 e. The molecule has 0 spiro atoms. The number of anilines is 2. The Morgan fingerprint density at radius 1 is 0.786 bits per heavy atom. The number of piperidine rings is 1. The van der Waals surface area contributed by atoms with Gasteiger partial charge in [-0.15, -0.1) is 0 Å². The molecule has 146 valence electrons. The third-order valence-electron chi connectivity index (χ3n) is 5.26. The van der Waals surface area contributed by atoms with Crippen molar-refractivity contribution in [1.82, 2.24) is 10.6 Å². The lowest BCUT2D eigenvalue weighted by Gasteiger charge is -2.34. The van der Waals surface area contributed by atoms with Crippen LogP contribution in [-0.2, 0) is 0 Å². The van der Waals surface area contributed by atoms with E-state index in [0.717, 1.165) is 55.7 Å². The van der Waals surface area contributed by atoms with Crippen molar-refractivity contribution in [1.29, 1.82) is 0 Å². The van der Waals surface area contributed by atoms with E-state index in [1.54, 1.807) is 0 Å². The summed E-state index contributed by atoms with van der Waals surface area (Å²) in [5, 5.41) is 9.00. The topological polar surface area (TPSA) is 73.5 Å². The summed E-state index contributed by atoms with van der Waals surface area (Å²) in [7, 11) is 0. The number of hydrogen-bond acceptors (Lipinski definition) is 3. The van der Waals surface area contributed by atoms with Crippen LogP contribution in [0.5, 0.6) is 0 Å². The van der Waals surface area contributed by atoms with Crippen LogP contribution < -0.4 is 20.9 Å². The van der Waals surface area contributed by atoms with Crippen molar-refractivity contribution in [3.8, 4) is 0 Å². The van der Waals surface area contributed by atoms with Crippen LogP contribution in [0, 0.1) is 0 Å². The molecule has 1 saturated heterocycles. The van der Waals surface area contributed by atoms with Crippen molar-refractivity contribution in [2.24, 2.45) is 0 Å². The second kappa shape index (κ2) is 8.33. The molecule has 4 rings (SSSR count). The molecule has 0 unspecified atom stereocenters. The van der Waals surface area contributed by atoms with Gasteiger partial charge < -0.3 is 20.9 Å². The van der Waals surface area contributed by atoms with Gasteiger partial charge in [-0.25, -0.2) is 4.79 Å². The molecule has 6 nitrogen and oxygen atoms in total. The number of amides is 3. The Labute approximate surface area is 165 Å². The molecule has 6 heteroatoms.